The standard InChI is InChI=1S/C26H28ClN5O2/c1-19-9-10-21(16-23(19)27)30-26(34)25(33)29-18-24(20-6-5-11-28-17-20)32-14-12-31(13-15-32)22-7-3-2-4-8-22/h2-11,16-17,24H,12-15,18H2,1H3,(H,29,33)(H,30,34)/t24-/m0/s1. The van der Waals surface area contributed by atoms with Crippen molar-refractivity contribution in [2.45, 2.75) is 13.0 Å². The van der Waals surface area contributed by atoms with E-state index >= 15 is 0 Å². The van der Waals surface area contributed by atoms with Crippen LogP contribution in [0.2, 0.25) is 5.02 Å². The van der Waals surface area contributed by atoms with Crippen LogP contribution >= 0.6 is 11.6 Å². The van der Waals surface area contributed by atoms with Crippen molar-refractivity contribution in [2.75, 3.05) is 42.9 Å². The summed E-state index contributed by atoms with van der Waals surface area (Å²) >= 11 is 6.12. The Bertz CT molecular complexity index is 1120. The summed E-state index contributed by atoms with van der Waals surface area (Å²) in [7, 11) is 0. The molecule has 176 valence electrons. The largest absolute Gasteiger partial charge is 0.369 e. The molecule has 2 aromatic carbocycles. The predicted octanol–water partition coefficient (Wildman–Crippen LogP) is 3.66. The second-order valence-corrected chi connectivity index (χ2v) is 8.70. The zero-order valence-electron chi connectivity index (χ0n) is 19.1. The minimum absolute atomic E-state index is 0.0859. The van der Waals surface area contributed by atoms with E-state index in [2.05, 4.69) is 37.6 Å². The van der Waals surface area contributed by atoms with Crippen LogP contribution in [0.15, 0.2) is 73.1 Å². The molecule has 2 N–H and O–H groups in total. The van der Waals surface area contributed by atoms with Crippen molar-refractivity contribution in [1.82, 2.24) is 15.2 Å². The molecule has 0 spiro atoms. The Kier molecular flexibility index (Phi) is 7.77. The molecular formula is C26H28ClN5O2. The van der Waals surface area contributed by atoms with Crippen LogP contribution in [0.25, 0.3) is 0 Å². The zero-order valence-corrected chi connectivity index (χ0v) is 19.8. The van der Waals surface area contributed by atoms with Gasteiger partial charge in [-0.15, -0.1) is 0 Å². The molecule has 0 bridgehead atoms. The molecule has 1 aromatic heterocycles. The maximum absolute atomic E-state index is 12.6. The first-order chi connectivity index (χ1) is 16.5. The number of rotatable bonds is 6. The van der Waals surface area contributed by atoms with Crippen LogP contribution in [0.1, 0.15) is 17.2 Å². The third-order valence-electron chi connectivity index (χ3n) is 6.04. The maximum Gasteiger partial charge on any atom is 0.313 e. The monoisotopic (exact) mass is 477 g/mol. The van der Waals surface area contributed by atoms with Gasteiger partial charge in [0.2, 0.25) is 0 Å². The Morgan fingerprint density at radius 1 is 1.00 bits per heavy atom. The molecule has 1 aliphatic rings. The van der Waals surface area contributed by atoms with Gasteiger partial charge in [-0.3, -0.25) is 19.5 Å². The van der Waals surface area contributed by atoms with Crippen LogP contribution < -0.4 is 15.5 Å². The van der Waals surface area contributed by atoms with E-state index < -0.39 is 11.8 Å². The van der Waals surface area contributed by atoms with E-state index in [9.17, 15) is 9.59 Å². The average molecular weight is 478 g/mol. The lowest BCUT2D eigenvalue weighted by Gasteiger charge is -2.40. The van der Waals surface area contributed by atoms with Crippen LogP contribution in [0.3, 0.4) is 0 Å². The van der Waals surface area contributed by atoms with E-state index in [0.717, 1.165) is 37.3 Å². The molecule has 1 saturated heterocycles. The van der Waals surface area contributed by atoms with Gasteiger partial charge in [0.1, 0.15) is 0 Å². The average Bonchev–Trinajstić information content (AvgIpc) is 2.88. The van der Waals surface area contributed by atoms with Crippen molar-refractivity contribution in [3.05, 3.63) is 89.2 Å². The van der Waals surface area contributed by atoms with Gasteiger partial charge in [-0.05, 0) is 48.4 Å². The van der Waals surface area contributed by atoms with Gasteiger partial charge in [-0.1, -0.05) is 41.9 Å². The molecule has 2 amide bonds. The first kappa shape index (κ1) is 23.7. The van der Waals surface area contributed by atoms with Crippen LogP contribution in [-0.4, -0.2) is 54.4 Å². The normalized spacial score (nSPS) is 14.9. The molecule has 1 aliphatic heterocycles. The highest BCUT2D eigenvalue weighted by Gasteiger charge is 2.26. The highest BCUT2D eigenvalue weighted by Crippen LogP contribution is 2.24. The molecular weight excluding hydrogens is 450 g/mol. The summed E-state index contributed by atoms with van der Waals surface area (Å²) in [5, 5.41) is 5.94. The number of anilines is 2. The summed E-state index contributed by atoms with van der Waals surface area (Å²) < 4.78 is 0. The van der Waals surface area contributed by atoms with Crippen LogP contribution in [0.5, 0.6) is 0 Å². The van der Waals surface area contributed by atoms with Crippen molar-refractivity contribution in [2.24, 2.45) is 0 Å². The molecule has 0 unspecified atom stereocenters. The number of para-hydroxylation sites is 1. The van der Waals surface area contributed by atoms with E-state index in [1.54, 1.807) is 24.4 Å². The smallest absolute Gasteiger partial charge is 0.313 e. The Hall–Kier alpha value is -3.42. The number of carbonyl (C=O) groups excluding carboxylic acids is 2. The summed E-state index contributed by atoms with van der Waals surface area (Å²) in [5.74, 6) is -1.41. The fourth-order valence-electron chi connectivity index (χ4n) is 4.09. The second-order valence-electron chi connectivity index (χ2n) is 8.29. The number of benzene rings is 2. The molecule has 8 heteroatoms. The number of hydrogen-bond acceptors (Lipinski definition) is 5. The highest BCUT2D eigenvalue weighted by atomic mass is 35.5. The molecule has 1 fully saturated rings. The van der Waals surface area contributed by atoms with Crippen molar-refractivity contribution in [3.63, 3.8) is 0 Å². The predicted molar refractivity (Wildman–Crippen MR) is 135 cm³/mol. The quantitative estimate of drug-likeness (QED) is 0.530. The lowest BCUT2D eigenvalue weighted by Crippen LogP contribution is -2.50. The summed E-state index contributed by atoms with van der Waals surface area (Å²) in [6.45, 7) is 5.60. The first-order valence-electron chi connectivity index (χ1n) is 11.3. The highest BCUT2D eigenvalue weighted by molar-refractivity contribution is 6.39. The lowest BCUT2D eigenvalue weighted by atomic mass is 10.1. The third kappa shape index (κ3) is 5.92. The Morgan fingerprint density at radius 2 is 1.76 bits per heavy atom. The molecule has 2 heterocycles. The van der Waals surface area contributed by atoms with Gasteiger partial charge in [0.05, 0.1) is 6.04 Å². The van der Waals surface area contributed by atoms with Gasteiger partial charge in [0.25, 0.3) is 0 Å². The molecule has 0 radical (unpaired) electrons. The van der Waals surface area contributed by atoms with E-state index in [1.165, 1.54) is 5.69 Å². The number of hydrogen-bond donors (Lipinski definition) is 2. The van der Waals surface area contributed by atoms with Crippen molar-refractivity contribution >= 4 is 34.8 Å². The second kappa shape index (κ2) is 11.1. The summed E-state index contributed by atoms with van der Waals surface area (Å²) in [4.78, 5) is 33.9. The molecule has 3 aromatic rings. The first-order valence-corrected chi connectivity index (χ1v) is 11.7. The molecule has 7 nitrogen and oxygen atoms in total. The topological polar surface area (TPSA) is 77.6 Å². The Labute approximate surface area is 204 Å². The number of amides is 2. The minimum atomic E-state index is -0.723. The van der Waals surface area contributed by atoms with E-state index in [0.29, 0.717) is 17.3 Å². The number of halogens is 1. The fraction of sp³-hybridized carbons (Fsp3) is 0.269. The Morgan fingerprint density at radius 3 is 2.44 bits per heavy atom. The SMILES string of the molecule is Cc1ccc(NC(=O)C(=O)NC[C@@H](c2cccnc2)N2CCN(c3ccccc3)CC2)cc1Cl. The molecule has 1 atom stereocenters. The van der Waals surface area contributed by atoms with Gasteiger partial charge in [-0.2, -0.15) is 0 Å². The van der Waals surface area contributed by atoms with Crippen LogP contribution in [-0.2, 0) is 9.59 Å². The van der Waals surface area contributed by atoms with Gasteiger partial charge < -0.3 is 15.5 Å². The van der Waals surface area contributed by atoms with Gasteiger partial charge >= 0.3 is 11.8 Å². The number of carbonyl (C=O) groups is 2. The minimum Gasteiger partial charge on any atom is -0.369 e. The summed E-state index contributed by atoms with van der Waals surface area (Å²) in [6.07, 6.45) is 3.54. The third-order valence-corrected chi connectivity index (χ3v) is 6.44. The maximum atomic E-state index is 12.6. The summed E-state index contributed by atoms with van der Waals surface area (Å²) in [5.41, 5.74) is 3.59. The lowest BCUT2D eigenvalue weighted by molar-refractivity contribution is -0.136. The number of aryl methyl sites for hydroxylation is 1. The van der Waals surface area contributed by atoms with Gasteiger partial charge in [0, 0.05) is 61.5 Å². The van der Waals surface area contributed by atoms with E-state index in [1.807, 2.05) is 43.5 Å². The zero-order chi connectivity index (χ0) is 23.9. The number of pyridine rings is 1. The van der Waals surface area contributed by atoms with E-state index in [4.69, 9.17) is 11.6 Å². The Balaban J connectivity index is 1.38. The number of piperazine rings is 1. The van der Waals surface area contributed by atoms with Crippen LogP contribution in [0.4, 0.5) is 11.4 Å². The number of nitrogens with one attached hydrogen (secondary N) is 2. The van der Waals surface area contributed by atoms with E-state index in [-0.39, 0.29) is 6.04 Å². The fourth-order valence-corrected chi connectivity index (χ4v) is 4.27. The van der Waals surface area contributed by atoms with Gasteiger partial charge in [-0.25, -0.2) is 0 Å². The van der Waals surface area contributed by atoms with Crippen molar-refractivity contribution in [1.29, 1.82) is 0 Å². The van der Waals surface area contributed by atoms with Crippen molar-refractivity contribution in [3.8, 4) is 0 Å². The van der Waals surface area contributed by atoms with Gasteiger partial charge in [0.15, 0.2) is 0 Å². The molecule has 34 heavy (non-hydrogen) atoms. The summed E-state index contributed by atoms with van der Waals surface area (Å²) in [6, 6.07) is 19.3. The molecule has 4 rings (SSSR count). The van der Waals surface area contributed by atoms with Crippen LogP contribution in [0, 0.1) is 6.92 Å². The number of nitrogens with zero attached hydrogens (tertiary/aromatic N) is 3. The molecule has 0 saturated carbocycles. The molecule has 0 aliphatic carbocycles. The van der Waals surface area contributed by atoms with Crippen molar-refractivity contribution < 1.29 is 9.59 Å². The number of aromatic nitrogens is 1.